The maximum Gasteiger partial charge on any atom is 0.254 e. The lowest BCUT2D eigenvalue weighted by atomic mass is 10.2. The van der Waals surface area contributed by atoms with Crippen LogP contribution >= 0.6 is 11.6 Å². The Labute approximate surface area is 146 Å². The fourth-order valence-corrected chi connectivity index (χ4v) is 2.28. The third-order valence-electron chi connectivity index (χ3n) is 3.47. The van der Waals surface area contributed by atoms with Crippen molar-refractivity contribution in [3.8, 4) is 5.75 Å². The average molecular weight is 347 g/mol. The van der Waals surface area contributed by atoms with Gasteiger partial charge < -0.3 is 15.0 Å². The molecule has 0 spiro atoms. The first kappa shape index (κ1) is 17.8. The number of nitrogens with one attached hydrogen (secondary N) is 1. The molecule has 2 amide bonds. The predicted molar refractivity (Wildman–Crippen MR) is 94.7 cm³/mol. The number of anilines is 1. The van der Waals surface area contributed by atoms with Gasteiger partial charge in [0.1, 0.15) is 12.3 Å². The SMILES string of the molecule is CCN(CC(=O)Nc1ccc(OC)cc1)C(=O)c1ccc(Cl)cc1. The number of ether oxygens (including phenoxy) is 1. The first-order valence-corrected chi connectivity index (χ1v) is 7.90. The molecule has 2 aromatic rings. The van der Waals surface area contributed by atoms with E-state index in [-0.39, 0.29) is 18.4 Å². The molecule has 0 bridgehead atoms. The van der Waals surface area contributed by atoms with Crippen molar-refractivity contribution in [2.24, 2.45) is 0 Å². The Bertz CT molecular complexity index is 699. The van der Waals surface area contributed by atoms with Gasteiger partial charge in [0.25, 0.3) is 5.91 Å². The summed E-state index contributed by atoms with van der Waals surface area (Å²) in [4.78, 5) is 26.1. The zero-order valence-corrected chi connectivity index (χ0v) is 14.3. The molecular formula is C18H19ClN2O3. The van der Waals surface area contributed by atoms with Crippen LogP contribution in [0.2, 0.25) is 5.02 Å². The van der Waals surface area contributed by atoms with Gasteiger partial charge in [-0.3, -0.25) is 9.59 Å². The lowest BCUT2D eigenvalue weighted by Crippen LogP contribution is -2.37. The zero-order valence-electron chi connectivity index (χ0n) is 13.6. The lowest BCUT2D eigenvalue weighted by Gasteiger charge is -2.20. The lowest BCUT2D eigenvalue weighted by molar-refractivity contribution is -0.116. The van der Waals surface area contributed by atoms with Crippen LogP contribution in [0.25, 0.3) is 0 Å². The van der Waals surface area contributed by atoms with E-state index in [1.807, 2.05) is 6.92 Å². The molecule has 6 heteroatoms. The fourth-order valence-electron chi connectivity index (χ4n) is 2.15. The minimum Gasteiger partial charge on any atom is -0.497 e. The van der Waals surface area contributed by atoms with Crippen molar-refractivity contribution in [2.75, 3.05) is 25.5 Å². The summed E-state index contributed by atoms with van der Waals surface area (Å²) < 4.78 is 5.07. The Hall–Kier alpha value is -2.53. The van der Waals surface area contributed by atoms with Crippen LogP contribution in [0.3, 0.4) is 0 Å². The number of likely N-dealkylation sites (N-methyl/N-ethyl adjacent to an activating group) is 1. The van der Waals surface area contributed by atoms with E-state index in [0.29, 0.717) is 28.6 Å². The van der Waals surface area contributed by atoms with Crippen LogP contribution in [-0.4, -0.2) is 36.9 Å². The van der Waals surface area contributed by atoms with Crippen LogP contribution in [0, 0.1) is 0 Å². The predicted octanol–water partition coefficient (Wildman–Crippen LogP) is 3.45. The molecule has 0 aliphatic rings. The fraction of sp³-hybridized carbons (Fsp3) is 0.222. The molecule has 2 aromatic carbocycles. The summed E-state index contributed by atoms with van der Waals surface area (Å²) in [5.41, 5.74) is 1.15. The molecule has 0 saturated carbocycles. The van der Waals surface area contributed by atoms with E-state index >= 15 is 0 Å². The number of benzene rings is 2. The number of halogens is 1. The topological polar surface area (TPSA) is 58.6 Å². The van der Waals surface area contributed by atoms with Gasteiger partial charge in [0.2, 0.25) is 5.91 Å². The second-order valence-corrected chi connectivity index (χ2v) is 5.54. The van der Waals surface area contributed by atoms with Gasteiger partial charge in [0, 0.05) is 22.8 Å². The van der Waals surface area contributed by atoms with Crippen LogP contribution < -0.4 is 10.1 Å². The molecular weight excluding hydrogens is 328 g/mol. The highest BCUT2D eigenvalue weighted by Gasteiger charge is 2.17. The third kappa shape index (κ3) is 4.73. The Morgan fingerprint density at radius 3 is 2.25 bits per heavy atom. The number of amides is 2. The molecule has 126 valence electrons. The molecule has 0 unspecified atom stereocenters. The summed E-state index contributed by atoms with van der Waals surface area (Å²) in [6.07, 6.45) is 0. The van der Waals surface area contributed by atoms with Crippen LogP contribution in [0.15, 0.2) is 48.5 Å². The van der Waals surface area contributed by atoms with Crippen LogP contribution in [0.5, 0.6) is 5.75 Å². The van der Waals surface area contributed by atoms with E-state index in [2.05, 4.69) is 5.32 Å². The molecule has 0 fully saturated rings. The minimum atomic E-state index is -0.260. The number of hydrogen-bond donors (Lipinski definition) is 1. The molecule has 0 aromatic heterocycles. The van der Waals surface area contributed by atoms with Gasteiger partial charge in [-0.15, -0.1) is 0 Å². The van der Waals surface area contributed by atoms with Crippen molar-refractivity contribution in [1.82, 2.24) is 4.90 Å². The maximum absolute atomic E-state index is 12.4. The average Bonchev–Trinajstić information content (AvgIpc) is 2.60. The van der Waals surface area contributed by atoms with E-state index in [9.17, 15) is 9.59 Å². The Morgan fingerprint density at radius 1 is 1.08 bits per heavy atom. The molecule has 0 radical (unpaired) electrons. The Balaban J connectivity index is 1.99. The highest BCUT2D eigenvalue weighted by molar-refractivity contribution is 6.30. The van der Waals surface area contributed by atoms with Crippen molar-refractivity contribution in [3.05, 3.63) is 59.1 Å². The van der Waals surface area contributed by atoms with Gasteiger partial charge in [-0.05, 0) is 55.5 Å². The van der Waals surface area contributed by atoms with E-state index in [1.165, 1.54) is 4.90 Å². The van der Waals surface area contributed by atoms with Crippen molar-refractivity contribution in [3.63, 3.8) is 0 Å². The number of methoxy groups -OCH3 is 1. The molecule has 0 saturated heterocycles. The summed E-state index contributed by atoms with van der Waals surface area (Å²) in [6.45, 7) is 2.23. The smallest absolute Gasteiger partial charge is 0.254 e. The summed E-state index contributed by atoms with van der Waals surface area (Å²) in [7, 11) is 1.58. The minimum absolute atomic E-state index is 0.0238. The summed E-state index contributed by atoms with van der Waals surface area (Å²) in [6, 6.07) is 13.6. The van der Waals surface area contributed by atoms with Gasteiger partial charge in [-0.25, -0.2) is 0 Å². The monoisotopic (exact) mass is 346 g/mol. The van der Waals surface area contributed by atoms with Gasteiger partial charge in [0.05, 0.1) is 7.11 Å². The first-order valence-electron chi connectivity index (χ1n) is 7.52. The van der Waals surface area contributed by atoms with Crippen molar-refractivity contribution >= 4 is 29.1 Å². The maximum atomic E-state index is 12.4. The zero-order chi connectivity index (χ0) is 17.5. The standard InChI is InChI=1S/C18H19ClN2O3/c1-3-21(18(23)13-4-6-14(19)7-5-13)12-17(22)20-15-8-10-16(24-2)11-9-15/h4-11H,3,12H2,1-2H3,(H,20,22). The molecule has 24 heavy (non-hydrogen) atoms. The third-order valence-corrected chi connectivity index (χ3v) is 3.72. The number of carbonyl (C=O) groups excluding carboxylic acids is 2. The van der Waals surface area contributed by atoms with Gasteiger partial charge in [-0.2, -0.15) is 0 Å². The molecule has 0 atom stereocenters. The number of nitrogens with zero attached hydrogens (tertiary/aromatic N) is 1. The van der Waals surface area contributed by atoms with Crippen LogP contribution in [-0.2, 0) is 4.79 Å². The van der Waals surface area contributed by atoms with Crippen molar-refractivity contribution in [2.45, 2.75) is 6.92 Å². The Kier molecular flexibility index (Phi) is 6.21. The normalized spacial score (nSPS) is 10.1. The van der Waals surface area contributed by atoms with Crippen molar-refractivity contribution in [1.29, 1.82) is 0 Å². The molecule has 5 nitrogen and oxygen atoms in total. The molecule has 0 aliphatic carbocycles. The highest BCUT2D eigenvalue weighted by Crippen LogP contribution is 2.15. The summed E-state index contributed by atoms with van der Waals surface area (Å²) >= 11 is 5.83. The molecule has 0 heterocycles. The number of rotatable bonds is 6. The summed E-state index contributed by atoms with van der Waals surface area (Å²) in [5.74, 6) is 0.240. The first-order chi connectivity index (χ1) is 11.5. The second kappa shape index (κ2) is 8.36. The van der Waals surface area contributed by atoms with Crippen LogP contribution in [0.1, 0.15) is 17.3 Å². The highest BCUT2D eigenvalue weighted by atomic mass is 35.5. The van der Waals surface area contributed by atoms with E-state index < -0.39 is 0 Å². The van der Waals surface area contributed by atoms with E-state index in [4.69, 9.17) is 16.3 Å². The molecule has 2 rings (SSSR count). The molecule has 0 aliphatic heterocycles. The van der Waals surface area contributed by atoms with E-state index in [1.54, 1.807) is 55.6 Å². The van der Waals surface area contributed by atoms with Crippen molar-refractivity contribution < 1.29 is 14.3 Å². The van der Waals surface area contributed by atoms with Gasteiger partial charge in [0.15, 0.2) is 0 Å². The molecule has 1 N–H and O–H groups in total. The van der Waals surface area contributed by atoms with Gasteiger partial charge in [-0.1, -0.05) is 11.6 Å². The number of carbonyl (C=O) groups is 2. The quantitative estimate of drug-likeness (QED) is 0.871. The van der Waals surface area contributed by atoms with Gasteiger partial charge >= 0.3 is 0 Å². The Morgan fingerprint density at radius 2 is 1.71 bits per heavy atom. The summed E-state index contributed by atoms with van der Waals surface area (Å²) in [5, 5.41) is 3.33. The van der Waals surface area contributed by atoms with Crippen LogP contribution in [0.4, 0.5) is 5.69 Å². The number of hydrogen-bond acceptors (Lipinski definition) is 3. The second-order valence-electron chi connectivity index (χ2n) is 5.10. The van der Waals surface area contributed by atoms with E-state index in [0.717, 1.165) is 0 Å². The largest absolute Gasteiger partial charge is 0.497 e.